The van der Waals surface area contributed by atoms with Crippen LogP contribution in [0.1, 0.15) is 17.0 Å². The van der Waals surface area contributed by atoms with E-state index < -0.39 is 4.92 Å². The number of aromatic nitrogens is 2. The average molecular weight is 447 g/mol. The molecule has 5 rings (SSSR count). The Morgan fingerprint density at radius 3 is 2.72 bits per heavy atom. The SMILES string of the molecule is O=[N+]([O-])c1ccccc1-c1ccc(CN2CCc3nc(-c4ccc(Cl)cc4)ncc3C2)o1. The van der Waals surface area contributed by atoms with Crippen molar-refractivity contribution in [2.75, 3.05) is 6.54 Å². The van der Waals surface area contributed by atoms with Gasteiger partial charge in [0.2, 0.25) is 0 Å². The largest absolute Gasteiger partial charge is 0.459 e. The number of nitro groups is 1. The first-order valence-corrected chi connectivity index (χ1v) is 10.6. The van der Waals surface area contributed by atoms with Crippen LogP contribution < -0.4 is 0 Å². The lowest BCUT2D eigenvalue weighted by molar-refractivity contribution is -0.384. The molecule has 0 aliphatic carbocycles. The number of furan rings is 1. The quantitative estimate of drug-likeness (QED) is 0.296. The van der Waals surface area contributed by atoms with Crippen molar-refractivity contribution < 1.29 is 9.34 Å². The molecule has 0 atom stereocenters. The van der Waals surface area contributed by atoms with Crippen LogP contribution in [0.3, 0.4) is 0 Å². The molecule has 0 saturated heterocycles. The summed E-state index contributed by atoms with van der Waals surface area (Å²) in [4.78, 5) is 22.5. The van der Waals surface area contributed by atoms with Gasteiger partial charge in [0.1, 0.15) is 11.5 Å². The third kappa shape index (κ3) is 4.12. The Hall–Kier alpha value is -3.55. The third-order valence-electron chi connectivity index (χ3n) is 5.52. The highest BCUT2D eigenvalue weighted by atomic mass is 35.5. The smallest absolute Gasteiger partial charge is 0.280 e. The van der Waals surface area contributed by atoms with Gasteiger partial charge in [0.25, 0.3) is 5.69 Å². The van der Waals surface area contributed by atoms with E-state index in [1.54, 1.807) is 24.3 Å². The lowest BCUT2D eigenvalue weighted by Crippen LogP contribution is -2.30. The molecule has 0 amide bonds. The summed E-state index contributed by atoms with van der Waals surface area (Å²) in [6.45, 7) is 2.17. The molecule has 7 nitrogen and oxygen atoms in total. The number of nitro benzene ring substituents is 1. The number of rotatable bonds is 5. The molecule has 32 heavy (non-hydrogen) atoms. The second kappa shape index (κ2) is 8.53. The normalized spacial score (nSPS) is 13.7. The summed E-state index contributed by atoms with van der Waals surface area (Å²) >= 11 is 5.97. The summed E-state index contributed by atoms with van der Waals surface area (Å²) in [6.07, 6.45) is 2.70. The van der Waals surface area contributed by atoms with Gasteiger partial charge in [0, 0.05) is 47.9 Å². The van der Waals surface area contributed by atoms with Gasteiger partial charge in [0.15, 0.2) is 5.82 Å². The Morgan fingerprint density at radius 2 is 1.91 bits per heavy atom. The fourth-order valence-corrected chi connectivity index (χ4v) is 4.04. The number of nitrogens with zero attached hydrogens (tertiary/aromatic N) is 4. The highest BCUT2D eigenvalue weighted by Gasteiger charge is 2.21. The Morgan fingerprint density at radius 1 is 1.09 bits per heavy atom. The maximum absolute atomic E-state index is 11.3. The van der Waals surface area contributed by atoms with E-state index in [2.05, 4.69) is 9.88 Å². The van der Waals surface area contributed by atoms with Crippen molar-refractivity contribution in [2.45, 2.75) is 19.5 Å². The van der Waals surface area contributed by atoms with Crippen molar-refractivity contribution in [1.82, 2.24) is 14.9 Å². The number of hydrogen-bond acceptors (Lipinski definition) is 6. The third-order valence-corrected chi connectivity index (χ3v) is 5.77. The van der Waals surface area contributed by atoms with E-state index >= 15 is 0 Å². The first kappa shape index (κ1) is 20.4. The molecule has 2 aromatic heterocycles. The van der Waals surface area contributed by atoms with Gasteiger partial charge in [-0.1, -0.05) is 23.7 Å². The Bertz CT molecular complexity index is 1290. The minimum atomic E-state index is -0.391. The van der Waals surface area contributed by atoms with Gasteiger partial charge < -0.3 is 4.42 Å². The van der Waals surface area contributed by atoms with Crippen LogP contribution in [0.25, 0.3) is 22.7 Å². The van der Waals surface area contributed by atoms with Crippen molar-refractivity contribution >= 4 is 17.3 Å². The second-order valence-electron chi connectivity index (χ2n) is 7.67. The molecule has 1 aliphatic heterocycles. The van der Waals surface area contributed by atoms with Gasteiger partial charge in [-0.2, -0.15) is 0 Å². The lowest BCUT2D eigenvalue weighted by atomic mass is 10.1. The fraction of sp³-hybridized carbons (Fsp3) is 0.167. The van der Waals surface area contributed by atoms with Crippen molar-refractivity contribution in [1.29, 1.82) is 0 Å². The predicted molar refractivity (Wildman–Crippen MR) is 121 cm³/mol. The standard InChI is InChI=1S/C24H19ClN4O3/c25-18-7-5-16(6-8-18)24-26-13-17-14-28(12-11-21(17)27-24)15-19-9-10-23(32-19)20-3-1-2-4-22(20)29(30)31/h1-10,13H,11-12,14-15H2. The number of para-hydroxylation sites is 1. The summed E-state index contributed by atoms with van der Waals surface area (Å²) in [6, 6.07) is 17.8. The van der Waals surface area contributed by atoms with E-state index in [1.165, 1.54) is 6.07 Å². The molecule has 0 radical (unpaired) electrons. The highest BCUT2D eigenvalue weighted by Crippen LogP contribution is 2.31. The van der Waals surface area contributed by atoms with Gasteiger partial charge in [-0.3, -0.25) is 15.0 Å². The van der Waals surface area contributed by atoms with Crippen molar-refractivity contribution in [3.63, 3.8) is 0 Å². The number of fused-ring (bicyclic) bond motifs is 1. The van der Waals surface area contributed by atoms with E-state index in [1.807, 2.05) is 36.5 Å². The topological polar surface area (TPSA) is 85.3 Å². The molecule has 1 aliphatic rings. The molecule has 0 saturated carbocycles. The average Bonchev–Trinajstić information content (AvgIpc) is 3.27. The molecule has 0 fully saturated rings. The first-order valence-electron chi connectivity index (χ1n) is 10.2. The van der Waals surface area contributed by atoms with Crippen LogP contribution in [0, 0.1) is 10.1 Å². The van der Waals surface area contributed by atoms with Crippen molar-refractivity contribution in [3.05, 3.63) is 99.0 Å². The zero-order valence-electron chi connectivity index (χ0n) is 17.1. The van der Waals surface area contributed by atoms with E-state index in [0.717, 1.165) is 42.1 Å². The molecular weight excluding hydrogens is 428 g/mol. The van der Waals surface area contributed by atoms with Crippen LogP contribution in [-0.4, -0.2) is 26.3 Å². The second-order valence-corrected chi connectivity index (χ2v) is 8.11. The Balaban J connectivity index is 1.30. The molecule has 0 bridgehead atoms. The number of hydrogen-bond donors (Lipinski definition) is 0. The zero-order valence-corrected chi connectivity index (χ0v) is 17.8. The molecule has 4 aromatic rings. The van der Waals surface area contributed by atoms with Crippen LogP contribution in [0.4, 0.5) is 5.69 Å². The van der Waals surface area contributed by atoms with Crippen LogP contribution in [-0.2, 0) is 19.5 Å². The van der Waals surface area contributed by atoms with Gasteiger partial charge in [-0.05, 0) is 42.5 Å². The molecule has 3 heterocycles. The lowest BCUT2D eigenvalue weighted by Gasteiger charge is -2.27. The molecule has 0 N–H and O–H groups in total. The van der Waals surface area contributed by atoms with Crippen LogP contribution in [0.15, 0.2) is 71.3 Å². The Kier molecular flexibility index (Phi) is 5.43. The van der Waals surface area contributed by atoms with Crippen molar-refractivity contribution in [2.24, 2.45) is 0 Å². The van der Waals surface area contributed by atoms with Crippen LogP contribution in [0.5, 0.6) is 0 Å². The fourth-order valence-electron chi connectivity index (χ4n) is 3.92. The van der Waals surface area contributed by atoms with E-state index in [4.69, 9.17) is 21.0 Å². The minimum Gasteiger partial charge on any atom is -0.459 e. The van der Waals surface area contributed by atoms with Crippen LogP contribution >= 0.6 is 11.6 Å². The van der Waals surface area contributed by atoms with Crippen molar-refractivity contribution in [3.8, 4) is 22.7 Å². The number of benzene rings is 2. The summed E-state index contributed by atoms with van der Waals surface area (Å²) in [5.74, 6) is 1.97. The molecule has 0 unspecified atom stereocenters. The van der Waals surface area contributed by atoms with E-state index in [9.17, 15) is 10.1 Å². The number of halogens is 1. The van der Waals surface area contributed by atoms with Crippen LogP contribution in [0.2, 0.25) is 5.02 Å². The summed E-state index contributed by atoms with van der Waals surface area (Å²) in [5, 5.41) is 12.0. The summed E-state index contributed by atoms with van der Waals surface area (Å²) < 4.78 is 5.95. The minimum absolute atomic E-state index is 0.0361. The van der Waals surface area contributed by atoms with Gasteiger partial charge in [-0.25, -0.2) is 9.97 Å². The summed E-state index contributed by atoms with van der Waals surface area (Å²) in [7, 11) is 0. The zero-order chi connectivity index (χ0) is 22.1. The summed E-state index contributed by atoms with van der Waals surface area (Å²) in [5.41, 5.74) is 3.61. The molecule has 2 aromatic carbocycles. The maximum Gasteiger partial charge on any atom is 0.280 e. The monoisotopic (exact) mass is 446 g/mol. The molecule has 8 heteroatoms. The van der Waals surface area contributed by atoms with Gasteiger partial charge >= 0.3 is 0 Å². The maximum atomic E-state index is 11.3. The first-order chi connectivity index (χ1) is 15.6. The predicted octanol–water partition coefficient (Wildman–Crippen LogP) is 5.52. The molecule has 160 valence electrons. The van der Waals surface area contributed by atoms with E-state index in [-0.39, 0.29) is 5.69 Å². The van der Waals surface area contributed by atoms with Gasteiger partial charge in [-0.15, -0.1) is 0 Å². The highest BCUT2D eigenvalue weighted by molar-refractivity contribution is 6.30. The van der Waals surface area contributed by atoms with Gasteiger partial charge in [0.05, 0.1) is 22.7 Å². The molecular formula is C24H19ClN4O3. The Labute approximate surface area is 189 Å². The van der Waals surface area contributed by atoms with E-state index in [0.29, 0.717) is 28.7 Å². The molecule has 0 spiro atoms.